The number of halogens is 2. The molecule has 0 unspecified atom stereocenters. The van der Waals surface area contributed by atoms with Crippen LogP contribution in [0.4, 0.5) is 4.39 Å². The molecule has 0 fully saturated rings. The zero-order valence-electron chi connectivity index (χ0n) is 8.27. The molecule has 1 aromatic rings. The lowest BCUT2D eigenvalue weighted by atomic mass is 10.1. The smallest absolute Gasteiger partial charge is 0.253 e. The molecule has 0 saturated carbocycles. The molecular formula is C10H11FINO. The van der Waals surface area contributed by atoms with Crippen molar-refractivity contribution >= 4 is 28.5 Å². The van der Waals surface area contributed by atoms with E-state index in [9.17, 15) is 9.18 Å². The normalized spacial score (nSPS) is 10.1. The highest BCUT2D eigenvalue weighted by molar-refractivity contribution is 14.1. The summed E-state index contributed by atoms with van der Waals surface area (Å²) in [4.78, 5) is 12.9. The van der Waals surface area contributed by atoms with E-state index in [0.717, 1.165) is 3.57 Å². The van der Waals surface area contributed by atoms with Crippen molar-refractivity contribution < 1.29 is 9.18 Å². The quantitative estimate of drug-likeness (QED) is 0.730. The molecule has 0 N–H and O–H groups in total. The molecule has 0 bridgehead atoms. The van der Waals surface area contributed by atoms with Gasteiger partial charge in [0.05, 0.1) is 0 Å². The Morgan fingerprint density at radius 2 is 2.00 bits per heavy atom. The van der Waals surface area contributed by atoms with E-state index < -0.39 is 0 Å². The molecule has 76 valence electrons. The van der Waals surface area contributed by atoms with Gasteiger partial charge in [-0.25, -0.2) is 4.39 Å². The first-order valence-corrected chi connectivity index (χ1v) is 5.18. The SMILES string of the molecule is Cc1c(F)cc(C(=O)N(C)C)cc1I. The van der Waals surface area contributed by atoms with Crippen LogP contribution in [-0.4, -0.2) is 24.9 Å². The molecule has 0 aliphatic heterocycles. The Kier molecular flexibility index (Phi) is 3.47. The summed E-state index contributed by atoms with van der Waals surface area (Å²) in [6, 6.07) is 2.97. The second-order valence-electron chi connectivity index (χ2n) is 3.26. The number of rotatable bonds is 1. The molecule has 0 spiro atoms. The van der Waals surface area contributed by atoms with Crippen LogP contribution in [0.5, 0.6) is 0 Å². The van der Waals surface area contributed by atoms with E-state index in [1.165, 1.54) is 11.0 Å². The number of nitrogens with zero attached hydrogens (tertiary/aromatic N) is 1. The van der Waals surface area contributed by atoms with Gasteiger partial charge >= 0.3 is 0 Å². The summed E-state index contributed by atoms with van der Waals surface area (Å²) >= 11 is 2.02. The van der Waals surface area contributed by atoms with Gasteiger partial charge in [0.1, 0.15) is 5.82 Å². The van der Waals surface area contributed by atoms with Crippen molar-refractivity contribution in [3.8, 4) is 0 Å². The van der Waals surface area contributed by atoms with Crippen LogP contribution in [0.3, 0.4) is 0 Å². The molecule has 14 heavy (non-hydrogen) atoms. The van der Waals surface area contributed by atoms with Gasteiger partial charge < -0.3 is 4.90 Å². The Morgan fingerprint density at radius 1 is 1.43 bits per heavy atom. The maximum absolute atomic E-state index is 13.3. The molecule has 0 aliphatic rings. The topological polar surface area (TPSA) is 20.3 Å². The Bertz CT molecular complexity index is 353. The van der Waals surface area contributed by atoms with Gasteiger partial charge in [-0.2, -0.15) is 0 Å². The van der Waals surface area contributed by atoms with E-state index >= 15 is 0 Å². The van der Waals surface area contributed by atoms with E-state index in [2.05, 4.69) is 0 Å². The van der Waals surface area contributed by atoms with Crippen LogP contribution >= 0.6 is 22.6 Å². The molecule has 1 rings (SSSR count). The lowest BCUT2D eigenvalue weighted by Gasteiger charge is -2.11. The summed E-state index contributed by atoms with van der Waals surface area (Å²) in [5, 5.41) is 0. The third-order valence-corrected chi connectivity index (χ3v) is 3.05. The van der Waals surface area contributed by atoms with E-state index in [-0.39, 0.29) is 11.7 Å². The Balaban J connectivity index is 3.19. The molecule has 0 heterocycles. The predicted molar refractivity (Wildman–Crippen MR) is 61.9 cm³/mol. The zero-order valence-corrected chi connectivity index (χ0v) is 10.4. The van der Waals surface area contributed by atoms with Gasteiger partial charge in [-0.15, -0.1) is 0 Å². The first-order chi connectivity index (χ1) is 6.43. The molecule has 1 amide bonds. The van der Waals surface area contributed by atoms with Crippen LogP contribution in [-0.2, 0) is 0 Å². The summed E-state index contributed by atoms with van der Waals surface area (Å²) in [5.41, 5.74) is 0.975. The van der Waals surface area contributed by atoms with Gasteiger partial charge in [-0.1, -0.05) is 0 Å². The first-order valence-electron chi connectivity index (χ1n) is 4.10. The zero-order chi connectivity index (χ0) is 10.9. The van der Waals surface area contributed by atoms with Gasteiger partial charge in [0.15, 0.2) is 0 Å². The summed E-state index contributed by atoms with van der Waals surface area (Å²) in [6.07, 6.45) is 0. The summed E-state index contributed by atoms with van der Waals surface area (Å²) in [7, 11) is 3.29. The van der Waals surface area contributed by atoms with Crippen molar-refractivity contribution in [2.75, 3.05) is 14.1 Å². The van der Waals surface area contributed by atoms with Crippen molar-refractivity contribution in [2.24, 2.45) is 0 Å². The third-order valence-electron chi connectivity index (χ3n) is 1.93. The van der Waals surface area contributed by atoms with Crippen LogP contribution in [0, 0.1) is 16.3 Å². The number of hydrogen-bond acceptors (Lipinski definition) is 1. The van der Waals surface area contributed by atoms with Crippen LogP contribution in [0.25, 0.3) is 0 Å². The van der Waals surface area contributed by atoms with Crippen molar-refractivity contribution in [3.63, 3.8) is 0 Å². The largest absolute Gasteiger partial charge is 0.345 e. The molecule has 1 aromatic carbocycles. The van der Waals surface area contributed by atoms with Crippen LogP contribution in [0.15, 0.2) is 12.1 Å². The molecule has 2 nitrogen and oxygen atoms in total. The van der Waals surface area contributed by atoms with E-state index in [4.69, 9.17) is 0 Å². The molecule has 0 aromatic heterocycles. The van der Waals surface area contributed by atoms with Crippen LogP contribution < -0.4 is 0 Å². The lowest BCUT2D eigenvalue weighted by molar-refractivity contribution is 0.0827. The van der Waals surface area contributed by atoms with E-state index in [0.29, 0.717) is 11.1 Å². The highest BCUT2D eigenvalue weighted by Gasteiger charge is 2.12. The fourth-order valence-corrected chi connectivity index (χ4v) is 1.62. The Hall–Kier alpha value is -0.650. The molecular weight excluding hydrogens is 296 g/mol. The number of carbonyl (C=O) groups is 1. The van der Waals surface area contributed by atoms with Crippen molar-refractivity contribution in [1.82, 2.24) is 4.90 Å². The van der Waals surface area contributed by atoms with Crippen molar-refractivity contribution in [3.05, 3.63) is 32.6 Å². The molecule has 0 saturated heterocycles. The van der Waals surface area contributed by atoms with E-state index in [1.54, 1.807) is 27.1 Å². The number of amides is 1. The fraction of sp³-hybridized carbons (Fsp3) is 0.300. The van der Waals surface area contributed by atoms with Crippen LogP contribution in [0.2, 0.25) is 0 Å². The van der Waals surface area contributed by atoms with Gasteiger partial charge in [0.2, 0.25) is 0 Å². The van der Waals surface area contributed by atoms with Crippen molar-refractivity contribution in [2.45, 2.75) is 6.92 Å². The van der Waals surface area contributed by atoms with Gasteiger partial charge in [-0.05, 0) is 47.2 Å². The Morgan fingerprint density at radius 3 is 2.43 bits per heavy atom. The fourth-order valence-electron chi connectivity index (χ4n) is 1.03. The average molecular weight is 307 g/mol. The minimum Gasteiger partial charge on any atom is -0.345 e. The predicted octanol–water partition coefficient (Wildman–Crippen LogP) is 2.44. The second kappa shape index (κ2) is 4.25. The molecule has 0 atom stereocenters. The van der Waals surface area contributed by atoms with Gasteiger partial charge in [-0.3, -0.25) is 4.79 Å². The standard InChI is InChI=1S/C10H11FINO/c1-6-8(11)4-7(5-9(6)12)10(14)13(2)3/h4-5H,1-3H3. The highest BCUT2D eigenvalue weighted by atomic mass is 127. The maximum Gasteiger partial charge on any atom is 0.253 e. The van der Waals surface area contributed by atoms with Crippen molar-refractivity contribution in [1.29, 1.82) is 0 Å². The summed E-state index contributed by atoms with van der Waals surface area (Å²) in [6.45, 7) is 1.70. The minimum absolute atomic E-state index is 0.179. The molecule has 0 radical (unpaired) electrons. The second-order valence-corrected chi connectivity index (χ2v) is 4.43. The maximum atomic E-state index is 13.3. The number of hydrogen-bond donors (Lipinski definition) is 0. The average Bonchev–Trinajstić information content (AvgIpc) is 2.12. The molecule has 4 heteroatoms. The van der Waals surface area contributed by atoms with Gasteiger partial charge in [0, 0.05) is 23.2 Å². The number of benzene rings is 1. The highest BCUT2D eigenvalue weighted by Crippen LogP contribution is 2.18. The Labute approximate surface area is 96.2 Å². The monoisotopic (exact) mass is 307 g/mol. The van der Waals surface area contributed by atoms with Gasteiger partial charge in [0.25, 0.3) is 5.91 Å². The molecule has 0 aliphatic carbocycles. The summed E-state index contributed by atoms with van der Waals surface area (Å²) < 4.78 is 14.1. The lowest BCUT2D eigenvalue weighted by Crippen LogP contribution is -2.22. The number of carbonyl (C=O) groups excluding carboxylic acids is 1. The minimum atomic E-state index is -0.331. The third kappa shape index (κ3) is 2.23. The summed E-state index contributed by atoms with van der Waals surface area (Å²) in [5.74, 6) is -0.510. The van der Waals surface area contributed by atoms with Crippen LogP contribution in [0.1, 0.15) is 15.9 Å². The first kappa shape index (κ1) is 11.4. The van der Waals surface area contributed by atoms with E-state index in [1.807, 2.05) is 22.6 Å².